The van der Waals surface area contributed by atoms with E-state index in [4.69, 9.17) is 0 Å². The molecule has 33 heavy (non-hydrogen) atoms. The first-order valence-electron chi connectivity index (χ1n) is 10.3. The molecule has 1 aliphatic heterocycles. The van der Waals surface area contributed by atoms with E-state index < -0.39 is 6.04 Å². The quantitative estimate of drug-likeness (QED) is 0.471. The highest BCUT2D eigenvalue weighted by Gasteiger charge is 2.37. The number of hydrogen-bond acceptors (Lipinski definition) is 5. The zero-order valence-corrected chi connectivity index (χ0v) is 18.3. The SMILES string of the molecule is O=C(Nc1nccs1)C(c1ccccc1)N1Cc2ccc(C#Cc3cccnc3)cc2C1=O. The Bertz CT molecular complexity index is 1360. The Morgan fingerprint density at radius 3 is 2.64 bits per heavy atom. The molecule has 160 valence electrons. The van der Waals surface area contributed by atoms with E-state index in [1.54, 1.807) is 34.9 Å². The van der Waals surface area contributed by atoms with E-state index in [0.717, 1.165) is 22.3 Å². The minimum absolute atomic E-state index is 0.196. The van der Waals surface area contributed by atoms with Gasteiger partial charge in [0.15, 0.2) is 5.13 Å². The number of nitrogens with one attached hydrogen (secondary N) is 1. The first-order chi connectivity index (χ1) is 16.2. The Balaban J connectivity index is 1.44. The van der Waals surface area contributed by atoms with Crippen molar-refractivity contribution in [2.45, 2.75) is 12.6 Å². The Morgan fingerprint density at radius 2 is 1.88 bits per heavy atom. The highest BCUT2D eigenvalue weighted by atomic mass is 32.1. The maximum absolute atomic E-state index is 13.4. The highest BCUT2D eigenvalue weighted by molar-refractivity contribution is 7.13. The van der Waals surface area contributed by atoms with Gasteiger partial charge >= 0.3 is 0 Å². The van der Waals surface area contributed by atoms with Gasteiger partial charge in [0.2, 0.25) is 0 Å². The molecule has 5 rings (SSSR count). The van der Waals surface area contributed by atoms with Crippen LogP contribution >= 0.6 is 11.3 Å². The number of aromatic nitrogens is 2. The summed E-state index contributed by atoms with van der Waals surface area (Å²) in [7, 11) is 0. The maximum atomic E-state index is 13.4. The molecular formula is C26H18N4O2S. The number of hydrogen-bond donors (Lipinski definition) is 1. The van der Waals surface area contributed by atoms with Gasteiger partial charge in [-0.15, -0.1) is 11.3 Å². The van der Waals surface area contributed by atoms with Crippen LogP contribution in [-0.4, -0.2) is 26.7 Å². The van der Waals surface area contributed by atoms with E-state index in [-0.39, 0.29) is 11.8 Å². The fourth-order valence-electron chi connectivity index (χ4n) is 3.76. The van der Waals surface area contributed by atoms with Crippen LogP contribution in [0.5, 0.6) is 0 Å². The van der Waals surface area contributed by atoms with Crippen molar-refractivity contribution in [1.29, 1.82) is 0 Å². The average Bonchev–Trinajstić information content (AvgIpc) is 3.47. The van der Waals surface area contributed by atoms with Crippen LogP contribution in [0.4, 0.5) is 5.13 Å². The topological polar surface area (TPSA) is 75.2 Å². The van der Waals surface area contributed by atoms with Crippen LogP contribution in [0.3, 0.4) is 0 Å². The molecule has 0 fully saturated rings. The Morgan fingerprint density at radius 1 is 1.03 bits per heavy atom. The van der Waals surface area contributed by atoms with E-state index >= 15 is 0 Å². The zero-order valence-electron chi connectivity index (χ0n) is 17.4. The number of pyridine rings is 1. The summed E-state index contributed by atoms with van der Waals surface area (Å²) in [5, 5.41) is 5.13. The maximum Gasteiger partial charge on any atom is 0.255 e. The Hall–Kier alpha value is -4.28. The van der Waals surface area contributed by atoms with Gasteiger partial charge in [0.1, 0.15) is 6.04 Å². The molecule has 4 aromatic rings. The molecule has 1 unspecified atom stereocenters. The summed E-state index contributed by atoms with van der Waals surface area (Å²) in [6, 6.07) is 17.8. The molecule has 6 nitrogen and oxygen atoms in total. The van der Waals surface area contributed by atoms with Crippen molar-refractivity contribution in [3.8, 4) is 11.8 Å². The lowest BCUT2D eigenvalue weighted by Crippen LogP contribution is -2.37. The van der Waals surface area contributed by atoms with Gasteiger partial charge in [0, 0.05) is 47.2 Å². The molecule has 2 amide bonds. The molecule has 0 saturated heterocycles. The Kier molecular flexibility index (Phi) is 5.66. The predicted molar refractivity (Wildman–Crippen MR) is 126 cm³/mol. The lowest BCUT2D eigenvalue weighted by molar-refractivity contribution is -0.120. The summed E-state index contributed by atoms with van der Waals surface area (Å²) in [6.45, 7) is 0.343. The molecule has 7 heteroatoms. The van der Waals surface area contributed by atoms with Gasteiger partial charge in [0.25, 0.3) is 11.8 Å². The normalized spacial score (nSPS) is 13.1. The molecule has 2 aromatic carbocycles. The minimum atomic E-state index is -0.778. The smallest absolute Gasteiger partial charge is 0.255 e. The van der Waals surface area contributed by atoms with Gasteiger partial charge in [-0.05, 0) is 35.4 Å². The van der Waals surface area contributed by atoms with Crippen molar-refractivity contribution in [2.75, 3.05) is 5.32 Å². The van der Waals surface area contributed by atoms with Crippen LogP contribution < -0.4 is 5.32 Å². The molecule has 1 N–H and O–H groups in total. The van der Waals surface area contributed by atoms with E-state index in [1.165, 1.54) is 11.3 Å². The van der Waals surface area contributed by atoms with E-state index in [9.17, 15) is 9.59 Å². The first kappa shape index (κ1) is 20.6. The number of nitrogens with zero attached hydrogens (tertiary/aromatic N) is 3. The summed E-state index contributed by atoms with van der Waals surface area (Å²) in [5.41, 5.74) is 3.71. The number of amides is 2. The van der Waals surface area contributed by atoms with Crippen molar-refractivity contribution in [2.24, 2.45) is 0 Å². The van der Waals surface area contributed by atoms with E-state index in [2.05, 4.69) is 27.1 Å². The second-order valence-electron chi connectivity index (χ2n) is 7.44. The van der Waals surface area contributed by atoms with Crippen LogP contribution in [0.1, 0.15) is 38.7 Å². The van der Waals surface area contributed by atoms with E-state index in [0.29, 0.717) is 17.2 Å². The third-order valence-corrected chi connectivity index (χ3v) is 5.98. The van der Waals surface area contributed by atoms with E-state index in [1.807, 2.05) is 54.6 Å². The lowest BCUT2D eigenvalue weighted by atomic mass is 10.0. The van der Waals surface area contributed by atoms with Crippen molar-refractivity contribution >= 4 is 28.3 Å². The third kappa shape index (κ3) is 4.38. The van der Waals surface area contributed by atoms with Gasteiger partial charge in [-0.3, -0.25) is 19.9 Å². The first-order valence-corrected chi connectivity index (χ1v) is 11.2. The molecule has 0 radical (unpaired) electrons. The average molecular weight is 451 g/mol. The molecule has 0 saturated carbocycles. The summed E-state index contributed by atoms with van der Waals surface area (Å²) in [5.74, 6) is 5.66. The van der Waals surface area contributed by atoms with Crippen LogP contribution in [0.25, 0.3) is 0 Å². The minimum Gasteiger partial charge on any atom is -0.318 e. The fourth-order valence-corrected chi connectivity index (χ4v) is 4.29. The second-order valence-corrected chi connectivity index (χ2v) is 8.33. The molecule has 0 spiro atoms. The van der Waals surface area contributed by atoms with Crippen molar-refractivity contribution in [3.63, 3.8) is 0 Å². The third-order valence-electron chi connectivity index (χ3n) is 5.29. The predicted octanol–water partition coefficient (Wildman–Crippen LogP) is 4.27. The second kappa shape index (κ2) is 9.07. The number of anilines is 1. The molecule has 2 aromatic heterocycles. The lowest BCUT2D eigenvalue weighted by Gasteiger charge is -2.27. The van der Waals surface area contributed by atoms with Gasteiger partial charge in [0.05, 0.1) is 0 Å². The number of fused-ring (bicyclic) bond motifs is 1. The standard InChI is InChI=1S/C26H18N4O2S/c31-24(29-26-28-13-14-33-26)23(20-6-2-1-3-7-20)30-17-21-11-10-18(15-22(21)25(30)32)8-9-19-5-4-12-27-16-19/h1-7,10-16,23H,17H2,(H,28,29,31). The summed E-state index contributed by atoms with van der Waals surface area (Å²) in [6.07, 6.45) is 5.02. The van der Waals surface area contributed by atoms with Gasteiger partial charge in [-0.1, -0.05) is 48.2 Å². The van der Waals surface area contributed by atoms with Gasteiger partial charge < -0.3 is 4.90 Å². The summed E-state index contributed by atoms with van der Waals surface area (Å²) in [4.78, 5) is 36.5. The molecular weight excluding hydrogens is 432 g/mol. The number of carbonyl (C=O) groups excluding carboxylic acids is 2. The number of rotatable bonds is 4. The van der Waals surface area contributed by atoms with Crippen LogP contribution in [0, 0.1) is 11.8 Å². The molecule has 0 aliphatic carbocycles. The number of carbonyl (C=O) groups is 2. The molecule has 3 heterocycles. The van der Waals surface area contributed by atoms with Crippen molar-refractivity contribution < 1.29 is 9.59 Å². The summed E-state index contributed by atoms with van der Waals surface area (Å²) < 4.78 is 0. The number of thiazole rings is 1. The van der Waals surface area contributed by atoms with Crippen LogP contribution in [0.15, 0.2) is 84.6 Å². The fraction of sp³-hybridized carbons (Fsp3) is 0.0769. The Labute approximate surface area is 194 Å². The van der Waals surface area contributed by atoms with Gasteiger partial charge in [-0.2, -0.15) is 0 Å². The number of benzene rings is 2. The zero-order chi connectivity index (χ0) is 22.6. The monoisotopic (exact) mass is 450 g/mol. The largest absolute Gasteiger partial charge is 0.318 e. The highest BCUT2D eigenvalue weighted by Crippen LogP contribution is 2.33. The molecule has 0 bridgehead atoms. The van der Waals surface area contributed by atoms with Gasteiger partial charge in [-0.25, -0.2) is 4.98 Å². The molecule has 1 aliphatic rings. The van der Waals surface area contributed by atoms with Crippen molar-refractivity contribution in [3.05, 3.63) is 112 Å². The van der Waals surface area contributed by atoms with Crippen LogP contribution in [-0.2, 0) is 11.3 Å². The molecule has 1 atom stereocenters. The summed E-state index contributed by atoms with van der Waals surface area (Å²) >= 11 is 1.33. The van der Waals surface area contributed by atoms with Crippen molar-refractivity contribution in [1.82, 2.24) is 14.9 Å². The van der Waals surface area contributed by atoms with Crippen LogP contribution in [0.2, 0.25) is 0 Å².